The normalized spacial score (nSPS) is 10.5. The second kappa shape index (κ2) is 9.28. The van der Waals surface area contributed by atoms with Crippen LogP contribution in [0.1, 0.15) is 17.0 Å². The first-order valence-electron chi connectivity index (χ1n) is 9.03. The molecule has 0 unspecified atom stereocenters. The molecule has 0 saturated carbocycles. The standard InChI is InChI=1S/C21H23ClN4O2/c1-15-12-16(2)26(25-15)14-17-4-3-5-19(13-17)24-21(27)23-10-11-28-20-8-6-18(22)7-9-20/h3-9,12-13H,10-11,14H2,1-2H3,(H2,23,24,27). The molecule has 7 heteroatoms. The molecule has 2 aromatic carbocycles. The molecule has 0 saturated heterocycles. The number of rotatable bonds is 7. The number of aromatic nitrogens is 2. The summed E-state index contributed by atoms with van der Waals surface area (Å²) in [5, 5.41) is 10.7. The summed E-state index contributed by atoms with van der Waals surface area (Å²) in [5.41, 5.74) is 3.89. The van der Waals surface area contributed by atoms with Crippen LogP contribution in [0.2, 0.25) is 5.02 Å². The molecule has 0 radical (unpaired) electrons. The van der Waals surface area contributed by atoms with Crippen LogP contribution in [-0.2, 0) is 6.54 Å². The van der Waals surface area contributed by atoms with Crippen LogP contribution >= 0.6 is 11.6 Å². The van der Waals surface area contributed by atoms with Crippen LogP contribution in [0.15, 0.2) is 54.6 Å². The fraction of sp³-hybridized carbons (Fsp3) is 0.238. The van der Waals surface area contributed by atoms with Gasteiger partial charge in [-0.2, -0.15) is 5.10 Å². The minimum atomic E-state index is -0.275. The van der Waals surface area contributed by atoms with E-state index in [1.807, 2.05) is 48.9 Å². The molecular weight excluding hydrogens is 376 g/mol. The van der Waals surface area contributed by atoms with E-state index in [1.165, 1.54) is 0 Å². The topological polar surface area (TPSA) is 68.2 Å². The highest BCUT2D eigenvalue weighted by Gasteiger charge is 2.05. The summed E-state index contributed by atoms with van der Waals surface area (Å²) in [6, 6.07) is 16.6. The van der Waals surface area contributed by atoms with Gasteiger partial charge in [0, 0.05) is 16.4 Å². The van der Waals surface area contributed by atoms with Gasteiger partial charge >= 0.3 is 6.03 Å². The lowest BCUT2D eigenvalue weighted by atomic mass is 10.2. The van der Waals surface area contributed by atoms with Crippen LogP contribution in [0, 0.1) is 13.8 Å². The Bertz CT molecular complexity index is 938. The van der Waals surface area contributed by atoms with Gasteiger partial charge in [0.1, 0.15) is 12.4 Å². The number of nitrogens with one attached hydrogen (secondary N) is 2. The number of hydrogen-bond acceptors (Lipinski definition) is 3. The maximum atomic E-state index is 12.1. The van der Waals surface area contributed by atoms with Gasteiger partial charge in [0.05, 0.1) is 18.8 Å². The number of amides is 2. The number of carbonyl (C=O) groups excluding carboxylic acids is 1. The van der Waals surface area contributed by atoms with E-state index in [9.17, 15) is 4.79 Å². The van der Waals surface area contributed by atoms with Crippen molar-refractivity contribution in [2.45, 2.75) is 20.4 Å². The van der Waals surface area contributed by atoms with E-state index in [4.69, 9.17) is 16.3 Å². The Morgan fingerprint density at radius 1 is 1.14 bits per heavy atom. The lowest BCUT2D eigenvalue weighted by Gasteiger charge is -2.11. The Morgan fingerprint density at radius 3 is 2.64 bits per heavy atom. The summed E-state index contributed by atoms with van der Waals surface area (Å²) in [5.74, 6) is 0.712. The molecule has 146 valence electrons. The molecular formula is C21H23ClN4O2. The third-order valence-electron chi connectivity index (χ3n) is 4.09. The van der Waals surface area contributed by atoms with Gasteiger partial charge in [-0.25, -0.2) is 4.79 Å². The van der Waals surface area contributed by atoms with E-state index < -0.39 is 0 Å². The molecule has 3 aromatic rings. The van der Waals surface area contributed by atoms with E-state index >= 15 is 0 Å². The maximum absolute atomic E-state index is 12.1. The lowest BCUT2D eigenvalue weighted by molar-refractivity contribution is 0.247. The van der Waals surface area contributed by atoms with Crippen molar-refractivity contribution in [2.24, 2.45) is 0 Å². The molecule has 6 nitrogen and oxygen atoms in total. The molecule has 0 spiro atoms. The number of carbonyl (C=O) groups is 1. The Balaban J connectivity index is 1.46. The number of halogens is 1. The molecule has 0 aliphatic heterocycles. The fourth-order valence-corrected chi connectivity index (χ4v) is 2.92. The van der Waals surface area contributed by atoms with Crippen molar-refractivity contribution in [1.82, 2.24) is 15.1 Å². The summed E-state index contributed by atoms with van der Waals surface area (Å²) in [6.07, 6.45) is 0. The third kappa shape index (κ3) is 5.76. The van der Waals surface area contributed by atoms with Gasteiger partial charge in [-0.05, 0) is 61.9 Å². The van der Waals surface area contributed by atoms with Gasteiger partial charge in [0.25, 0.3) is 0 Å². The zero-order valence-electron chi connectivity index (χ0n) is 15.9. The highest BCUT2D eigenvalue weighted by atomic mass is 35.5. The van der Waals surface area contributed by atoms with E-state index in [2.05, 4.69) is 15.7 Å². The summed E-state index contributed by atoms with van der Waals surface area (Å²) in [6.45, 7) is 5.42. The van der Waals surface area contributed by atoms with Gasteiger partial charge in [-0.15, -0.1) is 0 Å². The quantitative estimate of drug-likeness (QED) is 0.579. The molecule has 2 amide bonds. The van der Waals surface area contributed by atoms with Gasteiger partial charge in [-0.1, -0.05) is 23.7 Å². The van der Waals surface area contributed by atoms with Crippen LogP contribution in [-0.4, -0.2) is 29.0 Å². The molecule has 0 aliphatic carbocycles. The van der Waals surface area contributed by atoms with Crippen molar-refractivity contribution in [3.8, 4) is 5.75 Å². The molecule has 28 heavy (non-hydrogen) atoms. The van der Waals surface area contributed by atoms with Gasteiger partial charge in [0.15, 0.2) is 0 Å². The van der Waals surface area contributed by atoms with E-state index in [1.54, 1.807) is 24.3 Å². The van der Waals surface area contributed by atoms with E-state index in [0.29, 0.717) is 30.5 Å². The third-order valence-corrected chi connectivity index (χ3v) is 4.34. The predicted octanol–water partition coefficient (Wildman–Crippen LogP) is 4.40. The Hall–Kier alpha value is -2.99. The first kappa shape index (κ1) is 19.8. The number of nitrogens with zero attached hydrogens (tertiary/aromatic N) is 2. The monoisotopic (exact) mass is 398 g/mol. The van der Waals surface area contributed by atoms with Crippen LogP contribution in [0.5, 0.6) is 5.75 Å². The minimum Gasteiger partial charge on any atom is -0.492 e. The Labute approximate surface area is 169 Å². The molecule has 3 rings (SSSR count). The van der Waals surface area contributed by atoms with Crippen molar-refractivity contribution in [1.29, 1.82) is 0 Å². The summed E-state index contributed by atoms with van der Waals surface area (Å²) in [7, 11) is 0. The summed E-state index contributed by atoms with van der Waals surface area (Å²) >= 11 is 5.83. The number of aryl methyl sites for hydroxylation is 2. The largest absolute Gasteiger partial charge is 0.492 e. The zero-order chi connectivity index (χ0) is 19.9. The summed E-state index contributed by atoms with van der Waals surface area (Å²) in [4.78, 5) is 12.1. The molecule has 0 aliphatic rings. The second-order valence-corrected chi connectivity index (χ2v) is 6.90. The predicted molar refractivity (Wildman–Crippen MR) is 111 cm³/mol. The van der Waals surface area contributed by atoms with Crippen molar-refractivity contribution >= 4 is 23.3 Å². The molecule has 2 N–H and O–H groups in total. The van der Waals surface area contributed by atoms with Gasteiger partial charge < -0.3 is 15.4 Å². The van der Waals surface area contributed by atoms with Crippen LogP contribution in [0.4, 0.5) is 10.5 Å². The SMILES string of the molecule is Cc1cc(C)n(Cc2cccc(NC(=O)NCCOc3ccc(Cl)cc3)c2)n1. The molecule has 0 fully saturated rings. The lowest BCUT2D eigenvalue weighted by Crippen LogP contribution is -2.32. The van der Waals surface area contributed by atoms with Gasteiger partial charge in [0.2, 0.25) is 0 Å². The number of anilines is 1. The molecule has 1 heterocycles. The average Bonchev–Trinajstić information content (AvgIpc) is 2.97. The highest BCUT2D eigenvalue weighted by molar-refractivity contribution is 6.30. The Kier molecular flexibility index (Phi) is 6.55. The first-order chi connectivity index (χ1) is 13.5. The minimum absolute atomic E-state index is 0.275. The zero-order valence-corrected chi connectivity index (χ0v) is 16.7. The number of urea groups is 1. The number of hydrogen-bond donors (Lipinski definition) is 2. The van der Waals surface area contributed by atoms with Crippen molar-refractivity contribution in [2.75, 3.05) is 18.5 Å². The van der Waals surface area contributed by atoms with Crippen LogP contribution < -0.4 is 15.4 Å². The summed E-state index contributed by atoms with van der Waals surface area (Å²) < 4.78 is 7.50. The Morgan fingerprint density at radius 2 is 1.93 bits per heavy atom. The highest BCUT2D eigenvalue weighted by Crippen LogP contribution is 2.15. The second-order valence-electron chi connectivity index (χ2n) is 6.47. The fourth-order valence-electron chi connectivity index (χ4n) is 2.79. The molecule has 1 aromatic heterocycles. The smallest absolute Gasteiger partial charge is 0.319 e. The first-order valence-corrected chi connectivity index (χ1v) is 9.40. The molecule has 0 bridgehead atoms. The van der Waals surface area contributed by atoms with Crippen LogP contribution in [0.25, 0.3) is 0 Å². The van der Waals surface area contributed by atoms with Crippen LogP contribution in [0.3, 0.4) is 0 Å². The van der Waals surface area contributed by atoms with Crippen molar-refractivity contribution in [3.63, 3.8) is 0 Å². The average molecular weight is 399 g/mol. The van der Waals surface area contributed by atoms with E-state index in [-0.39, 0.29) is 6.03 Å². The van der Waals surface area contributed by atoms with Crippen molar-refractivity contribution in [3.05, 3.63) is 76.6 Å². The van der Waals surface area contributed by atoms with E-state index in [0.717, 1.165) is 22.6 Å². The van der Waals surface area contributed by atoms with Gasteiger partial charge in [-0.3, -0.25) is 4.68 Å². The molecule has 0 atom stereocenters. The number of benzene rings is 2. The number of ether oxygens (including phenoxy) is 1. The van der Waals surface area contributed by atoms with Crippen molar-refractivity contribution < 1.29 is 9.53 Å². The maximum Gasteiger partial charge on any atom is 0.319 e.